The van der Waals surface area contributed by atoms with Crippen LogP contribution in [0.5, 0.6) is 0 Å². The Hall–Kier alpha value is -1.02. The van der Waals surface area contributed by atoms with E-state index in [4.69, 9.17) is 0 Å². The van der Waals surface area contributed by atoms with Crippen LogP contribution in [0.3, 0.4) is 0 Å². The summed E-state index contributed by atoms with van der Waals surface area (Å²) in [4.78, 5) is 20.7. The number of aliphatic hydroxyl groups is 1. The van der Waals surface area contributed by atoms with E-state index in [1.165, 1.54) is 0 Å². The Morgan fingerprint density at radius 3 is 2.77 bits per heavy atom. The number of likely N-dealkylation sites (N-methyl/N-ethyl adjacent to an activating group) is 1. The fraction of sp³-hybridized carbons (Fsp3) is 0.733. The zero-order valence-corrected chi connectivity index (χ0v) is 14.2. The number of carbonyl (C=O) groups is 1. The number of hydrogen-bond acceptors (Lipinski definition) is 6. The fourth-order valence-electron chi connectivity index (χ4n) is 2.75. The number of hydrogen-bond donors (Lipinski definition) is 2. The Kier molecular flexibility index (Phi) is 6.75. The molecule has 0 aromatic carbocycles. The molecule has 1 aromatic rings. The summed E-state index contributed by atoms with van der Waals surface area (Å²) in [5.41, 5.74) is 1.05. The van der Waals surface area contributed by atoms with E-state index >= 15 is 0 Å². The molecule has 7 heteroatoms. The second-order valence-electron chi connectivity index (χ2n) is 5.64. The minimum absolute atomic E-state index is 0.00382. The number of nitrogens with zero attached hydrogens (tertiary/aromatic N) is 3. The highest BCUT2D eigenvalue weighted by Gasteiger charge is 2.22. The van der Waals surface area contributed by atoms with Gasteiger partial charge in [0, 0.05) is 51.2 Å². The van der Waals surface area contributed by atoms with E-state index in [1.807, 2.05) is 5.38 Å². The quantitative estimate of drug-likeness (QED) is 0.755. The Morgan fingerprint density at radius 1 is 1.45 bits per heavy atom. The minimum atomic E-state index is 0.00382. The molecule has 1 aromatic heterocycles. The number of carbonyl (C=O) groups excluding carboxylic acids is 1. The number of piperazine rings is 1. The summed E-state index contributed by atoms with van der Waals surface area (Å²) in [6, 6.07) is 0.292. The molecule has 22 heavy (non-hydrogen) atoms. The largest absolute Gasteiger partial charge is 0.395 e. The molecule has 1 aliphatic heterocycles. The lowest BCUT2D eigenvalue weighted by Crippen LogP contribution is -2.50. The summed E-state index contributed by atoms with van der Waals surface area (Å²) in [7, 11) is 1.65. The first-order valence-electron chi connectivity index (χ1n) is 7.87. The van der Waals surface area contributed by atoms with E-state index in [0.29, 0.717) is 12.5 Å². The average molecular weight is 326 g/mol. The van der Waals surface area contributed by atoms with Crippen LogP contribution < -0.4 is 5.32 Å². The highest BCUT2D eigenvalue weighted by atomic mass is 32.1. The average Bonchev–Trinajstić information content (AvgIpc) is 2.97. The van der Waals surface area contributed by atoms with Gasteiger partial charge in [-0.05, 0) is 6.42 Å². The fourth-order valence-corrected chi connectivity index (χ4v) is 3.53. The third-order valence-corrected chi connectivity index (χ3v) is 5.08. The van der Waals surface area contributed by atoms with Gasteiger partial charge in [0.15, 0.2) is 0 Å². The SMILES string of the molecule is CCC(CO)N1CCN(Cc2csc(CC(=O)NC)n2)CC1. The summed E-state index contributed by atoms with van der Waals surface area (Å²) in [5.74, 6) is 0.00382. The predicted octanol–water partition coefficient (Wildman–Crippen LogP) is 0.320. The van der Waals surface area contributed by atoms with Crippen LogP contribution in [0.25, 0.3) is 0 Å². The summed E-state index contributed by atoms with van der Waals surface area (Å²) in [6.07, 6.45) is 1.36. The molecule has 2 N–H and O–H groups in total. The molecule has 1 aliphatic rings. The minimum Gasteiger partial charge on any atom is -0.395 e. The van der Waals surface area contributed by atoms with Crippen molar-refractivity contribution in [2.24, 2.45) is 0 Å². The summed E-state index contributed by atoms with van der Waals surface area (Å²) in [5, 5.41) is 14.9. The van der Waals surface area contributed by atoms with Crippen molar-refractivity contribution in [2.75, 3.05) is 39.8 Å². The first kappa shape index (κ1) is 17.3. The van der Waals surface area contributed by atoms with Crippen LogP contribution in [0.15, 0.2) is 5.38 Å². The van der Waals surface area contributed by atoms with Crippen molar-refractivity contribution in [2.45, 2.75) is 32.4 Å². The molecule has 0 radical (unpaired) electrons. The van der Waals surface area contributed by atoms with E-state index in [1.54, 1.807) is 18.4 Å². The Balaban J connectivity index is 1.80. The molecule has 124 valence electrons. The highest BCUT2D eigenvalue weighted by molar-refractivity contribution is 7.09. The van der Waals surface area contributed by atoms with Gasteiger partial charge in [-0.3, -0.25) is 14.6 Å². The maximum atomic E-state index is 11.4. The van der Waals surface area contributed by atoms with Crippen LogP contribution in [0, 0.1) is 0 Å². The first-order valence-corrected chi connectivity index (χ1v) is 8.75. The highest BCUT2D eigenvalue weighted by Crippen LogP contribution is 2.15. The van der Waals surface area contributed by atoms with E-state index in [9.17, 15) is 9.90 Å². The molecule has 0 aliphatic carbocycles. The molecule has 0 bridgehead atoms. The monoisotopic (exact) mass is 326 g/mol. The van der Waals surface area contributed by atoms with Crippen LogP contribution in [0.2, 0.25) is 0 Å². The Morgan fingerprint density at radius 2 is 2.18 bits per heavy atom. The van der Waals surface area contributed by atoms with E-state index < -0.39 is 0 Å². The van der Waals surface area contributed by atoms with Crippen molar-refractivity contribution in [1.82, 2.24) is 20.1 Å². The molecule has 0 saturated carbocycles. The number of nitrogens with one attached hydrogen (secondary N) is 1. The van der Waals surface area contributed by atoms with Gasteiger partial charge < -0.3 is 10.4 Å². The normalized spacial score (nSPS) is 18.3. The van der Waals surface area contributed by atoms with Gasteiger partial charge in [0.05, 0.1) is 18.7 Å². The topological polar surface area (TPSA) is 68.7 Å². The first-order chi connectivity index (χ1) is 10.7. The van der Waals surface area contributed by atoms with Crippen LogP contribution >= 0.6 is 11.3 Å². The number of aromatic nitrogens is 1. The van der Waals surface area contributed by atoms with Crippen molar-refractivity contribution >= 4 is 17.2 Å². The second kappa shape index (κ2) is 8.57. The molecular formula is C15H26N4O2S. The van der Waals surface area contributed by atoms with Gasteiger partial charge in [-0.2, -0.15) is 0 Å². The molecule has 1 amide bonds. The molecule has 0 spiro atoms. The molecule has 2 heterocycles. The Labute approximate surface area is 136 Å². The lowest BCUT2D eigenvalue weighted by molar-refractivity contribution is -0.119. The smallest absolute Gasteiger partial charge is 0.226 e. The van der Waals surface area contributed by atoms with Crippen LogP contribution in [-0.4, -0.2) is 71.7 Å². The zero-order chi connectivity index (χ0) is 15.9. The number of amides is 1. The van der Waals surface area contributed by atoms with Gasteiger partial charge >= 0.3 is 0 Å². The molecule has 1 fully saturated rings. The second-order valence-corrected chi connectivity index (χ2v) is 6.58. The van der Waals surface area contributed by atoms with Crippen LogP contribution in [0.1, 0.15) is 24.0 Å². The molecule has 1 unspecified atom stereocenters. The van der Waals surface area contributed by atoms with E-state index in [2.05, 4.69) is 27.0 Å². The standard InChI is InChI=1S/C15H26N4O2S/c1-3-13(10-20)19-6-4-18(5-7-19)9-12-11-22-15(17-12)8-14(21)16-2/h11,13,20H,3-10H2,1-2H3,(H,16,21). The van der Waals surface area contributed by atoms with Crippen LogP contribution in [-0.2, 0) is 17.8 Å². The molecule has 1 atom stereocenters. The van der Waals surface area contributed by atoms with Crippen LogP contribution in [0.4, 0.5) is 0 Å². The van der Waals surface area contributed by atoms with Gasteiger partial charge in [-0.25, -0.2) is 4.98 Å². The number of aliphatic hydroxyl groups excluding tert-OH is 1. The van der Waals surface area contributed by atoms with Gasteiger partial charge in [0.25, 0.3) is 0 Å². The third kappa shape index (κ3) is 4.74. The van der Waals surface area contributed by atoms with Crippen molar-refractivity contribution in [3.63, 3.8) is 0 Å². The van der Waals surface area contributed by atoms with Gasteiger partial charge in [-0.15, -0.1) is 11.3 Å². The maximum absolute atomic E-state index is 11.4. The molecule has 1 saturated heterocycles. The third-order valence-electron chi connectivity index (χ3n) is 4.18. The molecule has 6 nitrogen and oxygen atoms in total. The van der Waals surface area contributed by atoms with Crippen molar-refractivity contribution in [3.05, 3.63) is 16.1 Å². The van der Waals surface area contributed by atoms with Gasteiger partial charge in [0.1, 0.15) is 5.01 Å². The van der Waals surface area contributed by atoms with E-state index in [-0.39, 0.29) is 12.5 Å². The zero-order valence-electron chi connectivity index (χ0n) is 13.4. The van der Waals surface area contributed by atoms with E-state index in [0.717, 1.165) is 49.8 Å². The number of thiazole rings is 1. The summed E-state index contributed by atoms with van der Waals surface area (Å²) in [6.45, 7) is 7.19. The molecule has 2 rings (SSSR count). The summed E-state index contributed by atoms with van der Waals surface area (Å²) >= 11 is 1.55. The van der Waals surface area contributed by atoms with Gasteiger partial charge in [0.2, 0.25) is 5.91 Å². The summed E-state index contributed by atoms with van der Waals surface area (Å²) < 4.78 is 0. The lowest BCUT2D eigenvalue weighted by atomic mass is 10.1. The van der Waals surface area contributed by atoms with Crippen molar-refractivity contribution in [1.29, 1.82) is 0 Å². The maximum Gasteiger partial charge on any atom is 0.226 e. The van der Waals surface area contributed by atoms with Crippen molar-refractivity contribution in [3.8, 4) is 0 Å². The lowest BCUT2D eigenvalue weighted by Gasteiger charge is -2.38. The predicted molar refractivity (Wildman–Crippen MR) is 87.9 cm³/mol. The van der Waals surface area contributed by atoms with Gasteiger partial charge in [-0.1, -0.05) is 6.92 Å². The number of rotatable bonds is 7. The Bertz CT molecular complexity index is 468. The molecular weight excluding hydrogens is 300 g/mol. The van der Waals surface area contributed by atoms with Crippen molar-refractivity contribution < 1.29 is 9.90 Å².